The molecule has 26 heavy (non-hydrogen) atoms. The predicted molar refractivity (Wildman–Crippen MR) is 101 cm³/mol. The van der Waals surface area contributed by atoms with Crippen molar-refractivity contribution in [1.82, 2.24) is 10.3 Å². The monoisotopic (exact) mass is 369 g/mol. The molecule has 0 aliphatic heterocycles. The van der Waals surface area contributed by atoms with Crippen molar-refractivity contribution in [1.29, 1.82) is 0 Å². The minimum atomic E-state index is -0.619. The van der Waals surface area contributed by atoms with E-state index in [0.717, 1.165) is 17.3 Å². The Balaban J connectivity index is 1.78. The maximum atomic E-state index is 13.9. The molecule has 3 aromatic rings. The SMILES string of the molecule is CN/C(=C\c1ccc(O)cc1F)C(=O)Nc1nc(-c2ccccc2)cs1. The number of amides is 1. The third kappa shape index (κ3) is 4.07. The fraction of sp³-hybridized carbons (Fsp3) is 0.0526. The van der Waals surface area contributed by atoms with Crippen molar-refractivity contribution < 1.29 is 14.3 Å². The zero-order valence-corrected chi connectivity index (χ0v) is 14.7. The van der Waals surface area contributed by atoms with Gasteiger partial charge in [-0.2, -0.15) is 0 Å². The number of aromatic nitrogens is 1. The van der Waals surface area contributed by atoms with E-state index in [1.165, 1.54) is 29.5 Å². The van der Waals surface area contributed by atoms with Crippen molar-refractivity contribution >= 4 is 28.5 Å². The number of anilines is 1. The van der Waals surface area contributed by atoms with Gasteiger partial charge in [0.1, 0.15) is 17.3 Å². The zero-order chi connectivity index (χ0) is 18.5. The lowest BCUT2D eigenvalue weighted by Crippen LogP contribution is -2.22. The van der Waals surface area contributed by atoms with Gasteiger partial charge in [-0.3, -0.25) is 10.1 Å². The fourth-order valence-electron chi connectivity index (χ4n) is 2.28. The average molecular weight is 369 g/mol. The summed E-state index contributed by atoms with van der Waals surface area (Å²) >= 11 is 1.31. The summed E-state index contributed by atoms with van der Waals surface area (Å²) in [5.74, 6) is -1.23. The largest absolute Gasteiger partial charge is 0.508 e. The molecule has 132 valence electrons. The Morgan fingerprint density at radius 1 is 1.23 bits per heavy atom. The van der Waals surface area contributed by atoms with Crippen molar-refractivity contribution in [3.8, 4) is 17.0 Å². The second-order valence-electron chi connectivity index (χ2n) is 5.37. The topological polar surface area (TPSA) is 74.2 Å². The number of hydrogen-bond acceptors (Lipinski definition) is 5. The Labute approximate surface area is 153 Å². The van der Waals surface area contributed by atoms with E-state index in [0.29, 0.717) is 5.13 Å². The van der Waals surface area contributed by atoms with Crippen LogP contribution in [0.15, 0.2) is 59.6 Å². The normalized spacial score (nSPS) is 11.2. The lowest BCUT2D eigenvalue weighted by atomic mass is 10.1. The van der Waals surface area contributed by atoms with Crippen LogP contribution < -0.4 is 10.6 Å². The molecule has 0 spiro atoms. The van der Waals surface area contributed by atoms with Crippen molar-refractivity contribution in [2.24, 2.45) is 0 Å². The number of benzene rings is 2. The smallest absolute Gasteiger partial charge is 0.273 e. The molecule has 1 heterocycles. The first-order valence-corrected chi connectivity index (χ1v) is 8.65. The molecule has 0 aliphatic rings. The highest BCUT2D eigenvalue weighted by atomic mass is 32.1. The summed E-state index contributed by atoms with van der Waals surface area (Å²) in [6, 6.07) is 13.4. The van der Waals surface area contributed by atoms with E-state index >= 15 is 0 Å². The summed E-state index contributed by atoms with van der Waals surface area (Å²) in [5.41, 5.74) is 2.09. The molecule has 0 saturated heterocycles. The number of thiazole rings is 1. The van der Waals surface area contributed by atoms with Gasteiger partial charge >= 0.3 is 0 Å². The number of phenols is 1. The Bertz CT molecular complexity index is 954. The van der Waals surface area contributed by atoms with Crippen molar-refractivity contribution in [3.05, 3.63) is 71.0 Å². The Hall–Kier alpha value is -3.19. The second kappa shape index (κ2) is 7.79. The fourth-order valence-corrected chi connectivity index (χ4v) is 2.99. The summed E-state index contributed by atoms with van der Waals surface area (Å²) in [4.78, 5) is 16.8. The van der Waals surface area contributed by atoms with Crippen LogP contribution >= 0.6 is 11.3 Å². The number of halogens is 1. The summed E-state index contributed by atoms with van der Waals surface area (Å²) in [6.07, 6.45) is 1.37. The number of likely N-dealkylation sites (N-methyl/N-ethyl adjacent to an activating group) is 1. The molecule has 0 unspecified atom stereocenters. The second-order valence-corrected chi connectivity index (χ2v) is 6.23. The summed E-state index contributed by atoms with van der Waals surface area (Å²) < 4.78 is 13.9. The van der Waals surface area contributed by atoms with Crippen LogP contribution in [0.5, 0.6) is 5.75 Å². The van der Waals surface area contributed by atoms with E-state index in [1.54, 1.807) is 7.05 Å². The molecule has 7 heteroatoms. The first-order valence-electron chi connectivity index (χ1n) is 7.77. The molecule has 0 atom stereocenters. The lowest BCUT2D eigenvalue weighted by molar-refractivity contribution is -0.113. The molecule has 0 radical (unpaired) electrons. The van der Waals surface area contributed by atoms with E-state index in [-0.39, 0.29) is 17.0 Å². The molecule has 3 N–H and O–H groups in total. The Morgan fingerprint density at radius 3 is 2.69 bits per heavy atom. The molecule has 2 aromatic carbocycles. The predicted octanol–water partition coefficient (Wildman–Crippen LogP) is 3.85. The number of rotatable bonds is 5. The van der Waals surface area contributed by atoms with Crippen LogP contribution in [0, 0.1) is 5.82 Å². The molecule has 0 bridgehead atoms. The van der Waals surface area contributed by atoms with Gasteiger partial charge in [0.15, 0.2) is 5.13 Å². The van der Waals surface area contributed by atoms with Crippen LogP contribution in [0.4, 0.5) is 9.52 Å². The number of carbonyl (C=O) groups excluding carboxylic acids is 1. The van der Waals surface area contributed by atoms with Crippen LogP contribution in [-0.4, -0.2) is 23.0 Å². The number of nitrogens with one attached hydrogen (secondary N) is 2. The summed E-state index contributed by atoms with van der Waals surface area (Å²) in [6.45, 7) is 0. The van der Waals surface area contributed by atoms with Crippen LogP contribution in [0.3, 0.4) is 0 Å². The average Bonchev–Trinajstić information content (AvgIpc) is 3.10. The third-order valence-corrected chi connectivity index (χ3v) is 4.35. The molecule has 1 amide bonds. The van der Waals surface area contributed by atoms with Crippen LogP contribution in [0.2, 0.25) is 0 Å². The van der Waals surface area contributed by atoms with Gasteiger partial charge in [0.25, 0.3) is 5.91 Å². The number of phenolic OH excluding ortho intramolecular Hbond substituents is 1. The van der Waals surface area contributed by atoms with E-state index in [1.807, 2.05) is 35.7 Å². The van der Waals surface area contributed by atoms with Crippen LogP contribution in [-0.2, 0) is 4.79 Å². The quantitative estimate of drug-likeness (QED) is 0.597. The van der Waals surface area contributed by atoms with Gasteiger partial charge in [0.05, 0.1) is 5.69 Å². The summed E-state index contributed by atoms with van der Waals surface area (Å²) in [5, 5.41) is 17.0. The molecular weight excluding hydrogens is 353 g/mol. The van der Waals surface area contributed by atoms with Crippen LogP contribution in [0.1, 0.15) is 5.56 Å². The number of aromatic hydroxyl groups is 1. The van der Waals surface area contributed by atoms with Gasteiger partial charge < -0.3 is 10.4 Å². The molecule has 0 saturated carbocycles. The van der Waals surface area contributed by atoms with Crippen molar-refractivity contribution in [2.45, 2.75) is 0 Å². The van der Waals surface area contributed by atoms with E-state index in [9.17, 15) is 14.3 Å². The van der Waals surface area contributed by atoms with Gasteiger partial charge in [0, 0.05) is 29.6 Å². The highest BCUT2D eigenvalue weighted by molar-refractivity contribution is 7.14. The van der Waals surface area contributed by atoms with Gasteiger partial charge in [0.2, 0.25) is 0 Å². The zero-order valence-electron chi connectivity index (χ0n) is 13.9. The first-order chi connectivity index (χ1) is 12.6. The lowest BCUT2D eigenvalue weighted by Gasteiger charge is -2.07. The van der Waals surface area contributed by atoms with Crippen molar-refractivity contribution in [3.63, 3.8) is 0 Å². The number of carbonyl (C=O) groups is 1. The molecule has 1 aromatic heterocycles. The van der Waals surface area contributed by atoms with Gasteiger partial charge in [-0.1, -0.05) is 30.3 Å². The molecule has 3 rings (SSSR count). The number of nitrogens with zero attached hydrogens (tertiary/aromatic N) is 1. The third-order valence-electron chi connectivity index (χ3n) is 3.59. The molecular formula is C19H16FN3O2S. The highest BCUT2D eigenvalue weighted by Gasteiger charge is 2.13. The standard InChI is InChI=1S/C19H16FN3O2S/c1-21-16(9-13-7-8-14(24)10-15(13)20)18(25)23-19-22-17(11-26-19)12-5-3-2-4-6-12/h2-11,21,24H,1H3,(H,22,23,25)/b16-9-. The van der Waals surface area contributed by atoms with E-state index in [4.69, 9.17) is 0 Å². The van der Waals surface area contributed by atoms with Gasteiger partial charge in [-0.25, -0.2) is 9.37 Å². The minimum absolute atomic E-state index is 0.172. The van der Waals surface area contributed by atoms with Gasteiger partial charge in [-0.05, 0) is 18.2 Å². The number of hydrogen-bond donors (Lipinski definition) is 3. The Kier molecular flexibility index (Phi) is 5.28. The Morgan fingerprint density at radius 2 is 2.00 bits per heavy atom. The molecule has 5 nitrogen and oxygen atoms in total. The maximum absolute atomic E-state index is 13.9. The van der Waals surface area contributed by atoms with Crippen LogP contribution in [0.25, 0.3) is 17.3 Å². The van der Waals surface area contributed by atoms with E-state index in [2.05, 4.69) is 15.6 Å². The maximum Gasteiger partial charge on any atom is 0.273 e. The van der Waals surface area contributed by atoms with E-state index < -0.39 is 11.7 Å². The highest BCUT2D eigenvalue weighted by Crippen LogP contribution is 2.25. The summed E-state index contributed by atoms with van der Waals surface area (Å²) in [7, 11) is 1.57. The van der Waals surface area contributed by atoms with Crippen molar-refractivity contribution in [2.75, 3.05) is 12.4 Å². The molecule has 0 aliphatic carbocycles. The minimum Gasteiger partial charge on any atom is -0.508 e. The first kappa shape index (κ1) is 17.6. The van der Waals surface area contributed by atoms with Gasteiger partial charge in [-0.15, -0.1) is 11.3 Å². The molecule has 0 fully saturated rings.